The number of fused-ring (bicyclic) bond motifs is 2. The van der Waals surface area contributed by atoms with Gasteiger partial charge in [0.15, 0.2) is 0 Å². The lowest BCUT2D eigenvalue weighted by atomic mass is 9.99. The van der Waals surface area contributed by atoms with Gasteiger partial charge in [-0.1, -0.05) is 0 Å². The molecule has 1 amide bonds. The van der Waals surface area contributed by atoms with E-state index >= 15 is 0 Å². The molecule has 0 radical (unpaired) electrons. The van der Waals surface area contributed by atoms with Crippen molar-refractivity contribution >= 4 is 11.8 Å². The molecule has 7 heteroatoms. The van der Waals surface area contributed by atoms with Crippen LogP contribution in [0.1, 0.15) is 57.0 Å². The van der Waals surface area contributed by atoms with E-state index in [1.165, 1.54) is 36.9 Å². The molecule has 0 saturated carbocycles. The highest BCUT2D eigenvalue weighted by Gasteiger charge is 2.28. The second-order valence-corrected chi connectivity index (χ2v) is 7.55. The number of rotatable bonds is 0. The standard InChI is InChI=1S/C11H17N3O2.C7H10N2/c1-11(2,3)16-10(15)14-6-4-5-8-9(14)7-12-13-8;1-2-4-7-6(3-1)5-8-9-7/h7H,4-6H2,1-3H3,(H,12,13);5H,1-4H2,(H,8,9). The topological polar surface area (TPSA) is 86.9 Å². The third-order valence-electron chi connectivity index (χ3n) is 4.34. The molecule has 4 rings (SSSR count). The maximum atomic E-state index is 11.9. The van der Waals surface area contributed by atoms with E-state index in [-0.39, 0.29) is 6.09 Å². The van der Waals surface area contributed by atoms with E-state index in [0.717, 1.165) is 24.2 Å². The van der Waals surface area contributed by atoms with Crippen LogP contribution < -0.4 is 4.90 Å². The van der Waals surface area contributed by atoms with Gasteiger partial charge in [-0.25, -0.2) is 4.79 Å². The van der Waals surface area contributed by atoms with E-state index in [9.17, 15) is 4.79 Å². The summed E-state index contributed by atoms with van der Waals surface area (Å²) in [5.41, 5.74) is 4.19. The molecule has 25 heavy (non-hydrogen) atoms. The predicted molar refractivity (Wildman–Crippen MR) is 95.7 cm³/mol. The van der Waals surface area contributed by atoms with Crippen molar-refractivity contribution in [3.05, 3.63) is 29.3 Å². The van der Waals surface area contributed by atoms with Crippen LogP contribution in [0.2, 0.25) is 0 Å². The summed E-state index contributed by atoms with van der Waals surface area (Å²) in [5, 5.41) is 13.9. The van der Waals surface area contributed by atoms with E-state index in [1.54, 1.807) is 11.1 Å². The van der Waals surface area contributed by atoms with Crippen molar-refractivity contribution in [2.24, 2.45) is 0 Å². The number of aromatic amines is 2. The molecule has 1 aliphatic carbocycles. The van der Waals surface area contributed by atoms with Gasteiger partial charge in [-0.15, -0.1) is 0 Å². The lowest BCUT2D eigenvalue weighted by Gasteiger charge is -2.29. The molecule has 2 aliphatic rings. The fourth-order valence-electron chi connectivity index (χ4n) is 3.15. The highest BCUT2D eigenvalue weighted by atomic mass is 16.6. The molecule has 2 N–H and O–H groups in total. The molecule has 0 unspecified atom stereocenters. The zero-order valence-corrected chi connectivity index (χ0v) is 15.3. The van der Waals surface area contributed by atoms with Crippen LogP contribution >= 0.6 is 0 Å². The van der Waals surface area contributed by atoms with Crippen molar-refractivity contribution in [3.63, 3.8) is 0 Å². The first kappa shape index (κ1) is 17.5. The largest absolute Gasteiger partial charge is 0.443 e. The number of anilines is 1. The highest BCUT2D eigenvalue weighted by Crippen LogP contribution is 2.26. The molecule has 3 heterocycles. The summed E-state index contributed by atoms with van der Waals surface area (Å²) in [4.78, 5) is 13.6. The summed E-state index contributed by atoms with van der Waals surface area (Å²) in [5.74, 6) is 0. The molecule has 0 bridgehead atoms. The number of nitrogens with one attached hydrogen (secondary N) is 2. The number of carbonyl (C=O) groups excluding carboxylic acids is 1. The van der Waals surface area contributed by atoms with Gasteiger partial charge in [-0.3, -0.25) is 15.1 Å². The van der Waals surface area contributed by atoms with Gasteiger partial charge >= 0.3 is 6.09 Å². The van der Waals surface area contributed by atoms with Crippen LogP contribution in [0.25, 0.3) is 0 Å². The van der Waals surface area contributed by atoms with Crippen LogP contribution in [0.4, 0.5) is 10.5 Å². The Hall–Kier alpha value is -2.31. The summed E-state index contributed by atoms with van der Waals surface area (Å²) >= 11 is 0. The average Bonchev–Trinajstić information content (AvgIpc) is 3.22. The van der Waals surface area contributed by atoms with Gasteiger partial charge in [-0.05, 0) is 64.9 Å². The van der Waals surface area contributed by atoms with Crippen molar-refractivity contribution in [3.8, 4) is 0 Å². The Kier molecular flexibility index (Phi) is 5.11. The van der Waals surface area contributed by atoms with E-state index in [2.05, 4.69) is 20.4 Å². The number of carbonyl (C=O) groups is 1. The zero-order valence-electron chi connectivity index (χ0n) is 15.3. The van der Waals surface area contributed by atoms with Crippen molar-refractivity contribution in [2.75, 3.05) is 11.4 Å². The Labute approximate surface area is 148 Å². The number of aromatic nitrogens is 4. The van der Waals surface area contributed by atoms with Gasteiger partial charge in [0.2, 0.25) is 0 Å². The Morgan fingerprint density at radius 2 is 1.72 bits per heavy atom. The third-order valence-corrected chi connectivity index (χ3v) is 4.34. The summed E-state index contributed by atoms with van der Waals surface area (Å²) in [6.45, 7) is 6.29. The average molecular weight is 345 g/mol. The molecule has 2 aromatic heterocycles. The molecule has 0 fully saturated rings. The first-order chi connectivity index (χ1) is 11.9. The van der Waals surface area contributed by atoms with Crippen molar-refractivity contribution in [1.29, 1.82) is 0 Å². The number of hydrogen-bond acceptors (Lipinski definition) is 4. The monoisotopic (exact) mass is 345 g/mol. The normalized spacial score (nSPS) is 16.4. The highest BCUT2D eigenvalue weighted by molar-refractivity contribution is 5.88. The Balaban J connectivity index is 0.000000170. The van der Waals surface area contributed by atoms with Gasteiger partial charge in [0, 0.05) is 12.2 Å². The van der Waals surface area contributed by atoms with Gasteiger partial charge in [0.05, 0.1) is 23.8 Å². The van der Waals surface area contributed by atoms with Crippen molar-refractivity contribution < 1.29 is 9.53 Å². The Morgan fingerprint density at radius 3 is 2.48 bits per heavy atom. The van der Waals surface area contributed by atoms with Crippen LogP contribution in [0.5, 0.6) is 0 Å². The number of H-pyrrole nitrogens is 2. The van der Waals surface area contributed by atoms with Gasteiger partial charge in [0.25, 0.3) is 0 Å². The number of hydrogen-bond donors (Lipinski definition) is 2. The molecule has 0 atom stereocenters. The summed E-state index contributed by atoms with van der Waals surface area (Å²) in [7, 11) is 0. The van der Waals surface area contributed by atoms with Crippen molar-refractivity contribution in [1.82, 2.24) is 20.4 Å². The van der Waals surface area contributed by atoms with Gasteiger partial charge < -0.3 is 4.74 Å². The first-order valence-corrected chi connectivity index (χ1v) is 8.98. The minimum Gasteiger partial charge on any atom is -0.443 e. The van der Waals surface area contributed by atoms with Crippen LogP contribution in [0.3, 0.4) is 0 Å². The lowest BCUT2D eigenvalue weighted by Crippen LogP contribution is -2.39. The molecule has 2 aromatic rings. The molecule has 7 nitrogen and oxygen atoms in total. The lowest BCUT2D eigenvalue weighted by molar-refractivity contribution is 0.0578. The van der Waals surface area contributed by atoms with Gasteiger partial charge in [-0.2, -0.15) is 10.2 Å². The van der Waals surface area contributed by atoms with E-state index in [0.29, 0.717) is 6.54 Å². The first-order valence-electron chi connectivity index (χ1n) is 8.98. The predicted octanol–water partition coefficient (Wildman–Crippen LogP) is 3.39. The maximum absolute atomic E-state index is 11.9. The second kappa shape index (κ2) is 7.29. The second-order valence-electron chi connectivity index (χ2n) is 7.55. The van der Waals surface area contributed by atoms with Crippen LogP contribution in [0.15, 0.2) is 12.4 Å². The molecular formula is C18H27N5O2. The summed E-state index contributed by atoms with van der Waals surface area (Å²) in [6, 6.07) is 0. The van der Waals surface area contributed by atoms with E-state index < -0.39 is 5.60 Å². The molecule has 0 aromatic carbocycles. The SMILES string of the molecule is CC(C)(C)OC(=O)N1CCCc2[nH]ncc21.c1n[nH]c2c1CCCC2. The van der Waals surface area contributed by atoms with E-state index in [4.69, 9.17) is 4.74 Å². The minimum absolute atomic E-state index is 0.296. The summed E-state index contributed by atoms with van der Waals surface area (Å²) in [6.07, 6.45) is 10.3. The van der Waals surface area contributed by atoms with Crippen LogP contribution in [-0.2, 0) is 24.0 Å². The molecular weight excluding hydrogens is 318 g/mol. The fourth-order valence-corrected chi connectivity index (χ4v) is 3.15. The molecule has 0 saturated heterocycles. The minimum atomic E-state index is -0.460. The van der Waals surface area contributed by atoms with Crippen LogP contribution in [-0.4, -0.2) is 38.6 Å². The Bertz CT molecular complexity index is 693. The molecule has 0 spiro atoms. The number of nitrogens with zero attached hydrogens (tertiary/aromatic N) is 3. The fraction of sp³-hybridized carbons (Fsp3) is 0.611. The van der Waals surface area contributed by atoms with E-state index in [1.807, 2.05) is 27.0 Å². The van der Waals surface area contributed by atoms with Crippen LogP contribution in [0, 0.1) is 0 Å². The van der Waals surface area contributed by atoms with Crippen molar-refractivity contribution in [2.45, 2.75) is 64.9 Å². The number of amides is 1. The smallest absolute Gasteiger partial charge is 0.414 e. The quantitative estimate of drug-likeness (QED) is 0.766. The number of ether oxygens (including phenoxy) is 1. The van der Waals surface area contributed by atoms with Gasteiger partial charge in [0.1, 0.15) is 5.60 Å². The third kappa shape index (κ3) is 4.41. The zero-order chi connectivity index (χ0) is 17.9. The molecule has 136 valence electrons. The molecule has 1 aliphatic heterocycles. The number of aryl methyl sites for hydroxylation is 3. The Morgan fingerprint density at radius 1 is 1.04 bits per heavy atom. The summed E-state index contributed by atoms with van der Waals surface area (Å²) < 4.78 is 5.35. The maximum Gasteiger partial charge on any atom is 0.414 e.